The number of aryl methyl sites for hydroxylation is 2. The van der Waals surface area contributed by atoms with Gasteiger partial charge >= 0.3 is 0 Å². The van der Waals surface area contributed by atoms with Crippen molar-refractivity contribution in [3.63, 3.8) is 0 Å². The second-order valence-electron chi connectivity index (χ2n) is 4.69. The molecule has 8 heteroatoms. The highest BCUT2D eigenvalue weighted by Crippen LogP contribution is 2.26. The highest BCUT2D eigenvalue weighted by Gasteiger charge is 2.17. The lowest BCUT2D eigenvalue weighted by Crippen LogP contribution is -2.26. The third kappa shape index (κ3) is 4.05. The van der Waals surface area contributed by atoms with Crippen molar-refractivity contribution in [1.29, 1.82) is 0 Å². The first-order chi connectivity index (χ1) is 9.90. The van der Waals surface area contributed by atoms with Crippen LogP contribution in [0.2, 0.25) is 0 Å². The zero-order valence-electron chi connectivity index (χ0n) is 11.6. The fourth-order valence-corrected chi connectivity index (χ4v) is 3.71. The van der Waals surface area contributed by atoms with E-state index in [1.807, 2.05) is 10.8 Å². The van der Waals surface area contributed by atoms with Crippen molar-refractivity contribution in [2.75, 3.05) is 12.3 Å². The molecule has 0 amide bonds. The molecule has 1 aromatic carbocycles. The van der Waals surface area contributed by atoms with E-state index in [9.17, 15) is 8.42 Å². The summed E-state index contributed by atoms with van der Waals surface area (Å²) in [7, 11) is -3.55. The number of halogens is 1. The van der Waals surface area contributed by atoms with E-state index in [1.165, 1.54) is 6.07 Å². The molecule has 0 aliphatic carbocycles. The van der Waals surface area contributed by atoms with Crippen molar-refractivity contribution in [2.24, 2.45) is 0 Å². The second kappa shape index (κ2) is 6.59. The molecule has 2 aromatic rings. The minimum absolute atomic E-state index is 0.214. The fraction of sp³-hybridized carbons (Fsp3) is 0.308. The number of imidazole rings is 1. The van der Waals surface area contributed by atoms with Crippen molar-refractivity contribution < 1.29 is 8.42 Å². The molecule has 21 heavy (non-hydrogen) atoms. The predicted molar refractivity (Wildman–Crippen MR) is 85.3 cm³/mol. The van der Waals surface area contributed by atoms with E-state index < -0.39 is 10.0 Å². The van der Waals surface area contributed by atoms with Gasteiger partial charge in [-0.25, -0.2) is 18.1 Å². The molecule has 0 bridgehead atoms. The number of hydrogen-bond donors (Lipinski definition) is 2. The largest absolute Gasteiger partial charge is 0.398 e. The SMILES string of the molecule is Cc1cc(Br)c(N)cc1S(=O)(=O)NCCCn1ccnc1. The number of hydrogen-bond acceptors (Lipinski definition) is 4. The van der Waals surface area contributed by atoms with Crippen LogP contribution >= 0.6 is 15.9 Å². The normalized spacial score (nSPS) is 11.7. The van der Waals surface area contributed by atoms with Crippen LogP contribution in [0.15, 0.2) is 40.2 Å². The molecule has 0 aliphatic rings. The van der Waals surface area contributed by atoms with Gasteiger partial charge in [0.15, 0.2) is 0 Å². The summed E-state index contributed by atoms with van der Waals surface area (Å²) in [5.41, 5.74) is 6.81. The minimum atomic E-state index is -3.55. The Labute approximate surface area is 132 Å². The highest BCUT2D eigenvalue weighted by molar-refractivity contribution is 9.10. The van der Waals surface area contributed by atoms with Crippen LogP contribution in [0, 0.1) is 6.92 Å². The molecule has 0 saturated heterocycles. The van der Waals surface area contributed by atoms with Crippen molar-refractivity contribution in [3.05, 3.63) is 40.9 Å². The van der Waals surface area contributed by atoms with Crippen LogP contribution in [0.5, 0.6) is 0 Å². The molecule has 0 spiro atoms. The summed E-state index contributed by atoms with van der Waals surface area (Å²) >= 11 is 3.28. The Morgan fingerprint density at radius 1 is 1.43 bits per heavy atom. The van der Waals surface area contributed by atoms with Gasteiger partial charge in [-0.2, -0.15) is 0 Å². The maximum Gasteiger partial charge on any atom is 0.240 e. The van der Waals surface area contributed by atoms with Crippen LogP contribution in [0.25, 0.3) is 0 Å². The molecule has 1 aromatic heterocycles. The summed E-state index contributed by atoms with van der Waals surface area (Å²) < 4.78 is 29.7. The van der Waals surface area contributed by atoms with Gasteiger partial charge in [-0.1, -0.05) is 0 Å². The van der Waals surface area contributed by atoms with Crippen LogP contribution in [0.3, 0.4) is 0 Å². The van der Waals surface area contributed by atoms with Gasteiger partial charge in [0, 0.05) is 35.6 Å². The average Bonchev–Trinajstić information content (AvgIpc) is 2.92. The van der Waals surface area contributed by atoms with Crippen molar-refractivity contribution in [3.8, 4) is 0 Å². The zero-order chi connectivity index (χ0) is 15.5. The smallest absolute Gasteiger partial charge is 0.240 e. The molecular formula is C13H17BrN4O2S. The molecular weight excluding hydrogens is 356 g/mol. The number of nitrogen functional groups attached to an aromatic ring is 1. The molecule has 0 radical (unpaired) electrons. The maximum absolute atomic E-state index is 12.3. The molecule has 0 saturated carbocycles. The molecule has 0 aliphatic heterocycles. The zero-order valence-corrected chi connectivity index (χ0v) is 14.0. The fourth-order valence-electron chi connectivity index (χ4n) is 1.92. The Bertz CT molecular complexity index is 714. The lowest BCUT2D eigenvalue weighted by molar-refractivity contribution is 0.569. The quantitative estimate of drug-likeness (QED) is 0.598. The number of nitrogens with two attached hydrogens (primary N) is 1. The predicted octanol–water partition coefficient (Wildman–Crippen LogP) is 1.90. The van der Waals surface area contributed by atoms with E-state index in [0.29, 0.717) is 35.2 Å². The maximum atomic E-state index is 12.3. The Balaban J connectivity index is 2.00. The molecule has 114 valence electrons. The molecule has 2 rings (SSSR count). The van der Waals surface area contributed by atoms with Gasteiger partial charge in [0.1, 0.15) is 0 Å². The average molecular weight is 373 g/mol. The number of benzene rings is 1. The second-order valence-corrected chi connectivity index (χ2v) is 7.28. The lowest BCUT2D eigenvalue weighted by atomic mass is 10.2. The van der Waals surface area contributed by atoms with Crippen molar-refractivity contribution in [1.82, 2.24) is 14.3 Å². The number of sulfonamides is 1. The van der Waals surface area contributed by atoms with E-state index in [2.05, 4.69) is 25.6 Å². The molecule has 0 atom stereocenters. The first-order valence-electron chi connectivity index (χ1n) is 6.41. The van der Waals surface area contributed by atoms with Crippen LogP contribution in [-0.4, -0.2) is 24.5 Å². The van der Waals surface area contributed by atoms with Gasteiger partial charge in [0.05, 0.1) is 11.2 Å². The van der Waals surface area contributed by atoms with E-state index in [-0.39, 0.29) is 4.90 Å². The molecule has 3 N–H and O–H groups in total. The van der Waals surface area contributed by atoms with Gasteiger partial charge < -0.3 is 10.3 Å². The van der Waals surface area contributed by atoms with Crippen molar-refractivity contribution >= 4 is 31.6 Å². The Kier molecular flexibility index (Phi) is 5.02. The van der Waals surface area contributed by atoms with Gasteiger partial charge in [-0.15, -0.1) is 0 Å². The summed E-state index contributed by atoms with van der Waals surface area (Å²) in [4.78, 5) is 4.15. The summed E-state index contributed by atoms with van der Waals surface area (Å²) in [5.74, 6) is 0. The van der Waals surface area contributed by atoms with Crippen LogP contribution in [-0.2, 0) is 16.6 Å². The Morgan fingerprint density at radius 3 is 2.86 bits per heavy atom. The van der Waals surface area contributed by atoms with E-state index >= 15 is 0 Å². The molecule has 1 heterocycles. The standard InChI is InChI=1S/C13H17BrN4O2S/c1-10-7-11(14)12(15)8-13(10)21(19,20)17-3-2-5-18-6-4-16-9-18/h4,6-9,17H,2-3,5,15H2,1H3. The monoisotopic (exact) mass is 372 g/mol. The molecule has 0 unspecified atom stereocenters. The molecule has 6 nitrogen and oxygen atoms in total. The topological polar surface area (TPSA) is 90.0 Å². The third-order valence-electron chi connectivity index (χ3n) is 3.03. The minimum Gasteiger partial charge on any atom is -0.398 e. The lowest BCUT2D eigenvalue weighted by Gasteiger charge is -2.11. The number of anilines is 1. The first kappa shape index (κ1) is 16.0. The number of rotatable bonds is 6. The summed E-state index contributed by atoms with van der Waals surface area (Å²) in [5, 5.41) is 0. The summed E-state index contributed by atoms with van der Waals surface area (Å²) in [6, 6.07) is 3.17. The highest BCUT2D eigenvalue weighted by atomic mass is 79.9. The van der Waals surface area contributed by atoms with Gasteiger partial charge in [-0.05, 0) is 47.0 Å². The van der Waals surface area contributed by atoms with Crippen molar-refractivity contribution in [2.45, 2.75) is 24.8 Å². The first-order valence-corrected chi connectivity index (χ1v) is 8.69. The Hall–Kier alpha value is -1.38. The summed E-state index contributed by atoms with van der Waals surface area (Å²) in [6.07, 6.45) is 5.92. The summed E-state index contributed by atoms with van der Waals surface area (Å²) in [6.45, 7) is 2.81. The number of aromatic nitrogens is 2. The van der Waals surface area contributed by atoms with E-state index in [0.717, 1.165) is 0 Å². The Morgan fingerprint density at radius 2 is 2.19 bits per heavy atom. The third-order valence-corrected chi connectivity index (χ3v) is 5.32. The van der Waals surface area contributed by atoms with Gasteiger partial charge in [-0.3, -0.25) is 0 Å². The number of nitrogens with zero attached hydrogens (tertiary/aromatic N) is 2. The number of nitrogens with one attached hydrogen (secondary N) is 1. The van der Waals surface area contributed by atoms with E-state index in [4.69, 9.17) is 5.73 Å². The van der Waals surface area contributed by atoms with E-state index in [1.54, 1.807) is 25.5 Å². The van der Waals surface area contributed by atoms with Crippen LogP contribution < -0.4 is 10.5 Å². The van der Waals surface area contributed by atoms with Crippen LogP contribution in [0.4, 0.5) is 5.69 Å². The van der Waals surface area contributed by atoms with Gasteiger partial charge in [0.2, 0.25) is 10.0 Å². The van der Waals surface area contributed by atoms with Crippen LogP contribution in [0.1, 0.15) is 12.0 Å². The molecule has 0 fully saturated rings. The van der Waals surface area contributed by atoms with Gasteiger partial charge in [0.25, 0.3) is 0 Å².